The molecule has 172 valence electrons. The van der Waals surface area contributed by atoms with Crippen molar-refractivity contribution < 1.29 is 19.0 Å². The number of aliphatic hydroxyl groups excluding tert-OH is 1. The lowest BCUT2D eigenvalue weighted by Crippen LogP contribution is -2.36. The number of ether oxygens (including phenoxy) is 2. The Bertz CT molecular complexity index is 991. The van der Waals surface area contributed by atoms with Crippen LogP contribution < -0.4 is 4.74 Å². The summed E-state index contributed by atoms with van der Waals surface area (Å²) in [7, 11) is 1.58. The van der Waals surface area contributed by atoms with Gasteiger partial charge in [-0.2, -0.15) is 5.10 Å². The molecule has 1 aromatic heterocycles. The zero-order valence-electron chi connectivity index (χ0n) is 19.2. The van der Waals surface area contributed by atoms with Crippen LogP contribution in [0.4, 0.5) is 4.39 Å². The zero-order valence-corrected chi connectivity index (χ0v) is 19.2. The highest BCUT2D eigenvalue weighted by atomic mass is 19.1. The second-order valence-electron chi connectivity index (χ2n) is 8.37. The first-order valence-corrected chi connectivity index (χ1v) is 10.8. The fourth-order valence-electron chi connectivity index (χ4n) is 3.70. The molecule has 1 heterocycles. The van der Waals surface area contributed by atoms with Crippen molar-refractivity contribution >= 4 is 0 Å². The molecule has 0 saturated heterocycles. The van der Waals surface area contributed by atoms with Crippen LogP contribution in [-0.4, -0.2) is 52.7 Å². The summed E-state index contributed by atoms with van der Waals surface area (Å²) in [4.78, 5) is 2.17. The normalized spacial score (nSPS) is 12.5. The quantitative estimate of drug-likeness (QED) is 0.472. The van der Waals surface area contributed by atoms with Crippen LogP contribution in [-0.2, 0) is 11.3 Å². The molecule has 0 radical (unpaired) electrons. The molecule has 1 N–H and O–H groups in total. The van der Waals surface area contributed by atoms with Crippen LogP contribution in [0, 0.1) is 18.7 Å². The van der Waals surface area contributed by atoms with E-state index >= 15 is 0 Å². The third kappa shape index (κ3) is 6.38. The highest BCUT2D eigenvalue weighted by Gasteiger charge is 2.23. The Morgan fingerprint density at radius 3 is 2.50 bits per heavy atom. The van der Waals surface area contributed by atoms with Crippen LogP contribution >= 0.6 is 0 Å². The predicted octanol–water partition coefficient (Wildman–Crippen LogP) is 4.58. The molecule has 0 amide bonds. The molecule has 0 saturated carbocycles. The van der Waals surface area contributed by atoms with Crippen LogP contribution in [0.5, 0.6) is 11.6 Å². The Balaban J connectivity index is 2.00. The molecule has 1 atom stereocenters. The first-order chi connectivity index (χ1) is 15.4. The molecule has 2 aromatic carbocycles. The van der Waals surface area contributed by atoms with Gasteiger partial charge in [-0.25, -0.2) is 9.07 Å². The average Bonchev–Trinajstić information content (AvgIpc) is 3.04. The molecule has 0 spiro atoms. The number of aryl methyl sites for hydroxylation is 1. The SMILES string of the molecule is COC[C@@H](O)CN(Cc1c(C)nn(-c2ccccc2)c1Oc1cccc(F)c1)CC(C)C. The predicted molar refractivity (Wildman–Crippen MR) is 123 cm³/mol. The summed E-state index contributed by atoms with van der Waals surface area (Å²) in [5.74, 6) is 0.977. The van der Waals surface area contributed by atoms with Gasteiger partial charge in [0.2, 0.25) is 5.88 Å². The average molecular weight is 442 g/mol. The third-order valence-corrected chi connectivity index (χ3v) is 4.98. The van der Waals surface area contributed by atoms with E-state index in [1.807, 2.05) is 37.3 Å². The zero-order chi connectivity index (χ0) is 23.1. The summed E-state index contributed by atoms with van der Waals surface area (Å²) in [6.45, 7) is 8.26. The lowest BCUT2D eigenvalue weighted by Gasteiger charge is -2.26. The largest absolute Gasteiger partial charge is 0.438 e. The molecular weight excluding hydrogens is 409 g/mol. The highest BCUT2D eigenvalue weighted by molar-refractivity contribution is 5.43. The number of hydrogen-bond acceptors (Lipinski definition) is 5. The number of methoxy groups -OCH3 is 1. The molecule has 0 aliphatic rings. The van der Waals surface area contributed by atoms with Gasteiger partial charge in [0.1, 0.15) is 11.6 Å². The number of aromatic nitrogens is 2. The van der Waals surface area contributed by atoms with E-state index in [9.17, 15) is 9.50 Å². The van der Waals surface area contributed by atoms with Gasteiger partial charge in [-0.15, -0.1) is 0 Å². The van der Waals surface area contributed by atoms with Gasteiger partial charge in [0, 0.05) is 32.8 Å². The lowest BCUT2D eigenvalue weighted by atomic mass is 10.1. The molecule has 7 heteroatoms. The molecular formula is C25H32FN3O3. The van der Waals surface area contributed by atoms with E-state index in [2.05, 4.69) is 18.7 Å². The van der Waals surface area contributed by atoms with Crippen molar-refractivity contribution in [3.8, 4) is 17.3 Å². The Kier molecular flexibility index (Phi) is 8.39. The standard InChI is InChI=1S/C25H32FN3O3/c1-18(2)14-28(15-22(30)17-31-4)16-24-19(3)27-29(21-10-6-5-7-11-21)25(24)32-23-12-8-9-20(26)13-23/h5-13,18,22,30H,14-17H2,1-4H3/t22-/m0/s1. The maximum Gasteiger partial charge on any atom is 0.227 e. The van der Waals surface area contributed by atoms with Crippen molar-refractivity contribution in [1.29, 1.82) is 0 Å². The molecule has 3 rings (SSSR count). The molecule has 0 bridgehead atoms. The van der Waals surface area contributed by atoms with Gasteiger partial charge < -0.3 is 14.6 Å². The number of hydrogen-bond donors (Lipinski definition) is 1. The summed E-state index contributed by atoms with van der Waals surface area (Å²) in [6, 6.07) is 15.8. The van der Waals surface area contributed by atoms with Crippen molar-refractivity contribution in [3.05, 3.63) is 71.7 Å². The van der Waals surface area contributed by atoms with Crippen molar-refractivity contribution in [3.63, 3.8) is 0 Å². The Hall–Kier alpha value is -2.74. The number of halogens is 1. The van der Waals surface area contributed by atoms with E-state index in [0.717, 1.165) is 23.5 Å². The molecule has 0 fully saturated rings. The second kappa shape index (κ2) is 11.2. The van der Waals surface area contributed by atoms with Crippen LogP contribution in [0.1, 0.15) is 25.1 Å². The summed E-state index contributed by atoms with van der Waals surface area (Å²) in [6.07, 6.45) is -0.601. The van der Waals surface area contributed by atoms with Crippen LogP contribution in [0.15, 0.2) is 54.6 Å². The molecule has 0 aliphatic carbocycles. The highest BCUT2D eigenvalue weighted by Crippen LogP contribution is 2.32. The monoisotopic (exact) mass is 441 g/mol. The Morgan fingerprint density at radius 1 is 1.09 bits per heavy atom. The van der Waals surface area contributed by atoms with E-state index in [1.165, 1.54) is 12.1 Å². The molecule has 3 aromatic rings. The molecule has 6 nitrogen and oxygen atoms in total. The lowest BCUT2D eigenvalue weighted by molar-refractivity contribution is 0.0329. The van der Waals surface area contributed by atoms with Crippen LogP contribution in [0.2, 0.25) is 0 Å². The minimum Gasteiger partial charge on any atom is -0.438 e. The van der Waals surface area contributed by atoms with E-state index < -0.39 is 6.10 Å². The smallest absolute Gasteiger partial charge is 0.227 e. The first kappa shape index (κ1) is 23.9. The summed E-state index contributed by atoms with van der Waals surface area (Å²) >= 11 is 0. The van der Waals surface area contributed by atoms with Gasteiger partial charge in [0.15, 0.2) is 0 Å². The summed E-state index contributed by atoms with van der Waals surface area (Å²) in [5, 5.41) is 15.1. The van der Waals surface area contributed by atoms with E-state index in [1.54, 1.807) is 23.9 Å². The fraction of sp³-hybridized carbons (Fsp3) is 0.400. The van der Waals surface area contributed by atoms with Crippen molar-refractivity contribution in [2.24, 2.45) is 5.92 Å². The van der Waals surface area contributed by atoms with E-state index in [4.69, 9.17) is 14.6 Å². The second-order valence-corrected chi connectivity index (χ2v) is 8.37. The van der Waals surface area contributed by atoms with Gasteiger partial charge in [-0.05, 0) is 37.1 Å². The maximum atomic E-state index is 13.8. The minimum absolute atomic E-state index is 0.267. The third-order valence-electron chi connectivity index (χ3n) is 4.98. The van der Waals surface area contributed by atoms with E-state index in [-0.39, 0.29) is 12.4 Å². The number of benzene rings is 2. The Labute approximate surface area is 189 Å². The number of para-hydroxylation sites is 1. The van der Waals surface area contributed by atoms with Crippen molar-refractivity contribution in [2.75, 3.05) is 26.8 Å². The van der Waals surface area contributed by atoms with Crippen LogP contribution in [0.25, 0.3) is 5.69 Å². The molecule has 0 unspecified atom stereocenters. The molecule has 32 heavy (non-hydrogen) atoms. The minimum atomic E-state index is -0.601. The summed E-state index contributed by atoms with van der Waals surface area (Å²) in [5.41, 5.74) is 2.56. The summed E-state index contributed by atoms with van der Waals surface area (Å²) < 4.78 is 26.9. The van der Waals surface area contributed by atoms with Gasteiger partial charge in [0.25, 0.3) is 0 Å². The topological polar surface area (TPSA) is 59.8 Å². The van der Waals surface area contributed by atoms with Crippen LogP contribution in [0.3, 0.4) is 0 Å². The molecule has 0 aliphatic heterocycles. The Morgan fingerprint density at radius 2 is 1.84 bits per heavy atom. The van der Waals surface area contributed by atoms with Gasteiger partial charge >= 0.3 is 0 Å². The maximum absolute atomic E-state index is 13.8. The fourth-order valence-corrected chi connectivity index (χ4v) is 3.70. The van der Waals surface area contributed by atoms with Gasteiger partial charge in [0.05, 0.1) is 29.7 Å². The van der Waals surface area contributed by atoms with Gasteiger partial charge in [-0.3, -0.25) is 4.90 Å². The number of nitrogens with zero attached hydrogens (tertiary/aromatic N) is 3. The van der Waals surface area contributed by atoms with E-state index in [0.29, 0.717) is 30.6 Å². The van der Waals surface area contributed by atoms with Crippen molar-refractivity contribution in [2.45, 2.75) is 33.4 Å². The number of rotatable bonds is 11. The first-order valence-electron chi connectivity index (χ1n) is 10.8. The van der Waals surface area contributed by atoms with Crippen molar-refractivity contribution in [1.82, 2.24) is 14.7 Å². The number of aliphatic hydroxyl groups is 1. The van der Waals surface area contributed by atoms with Gasteiger partial charge in [-0.1, -0.05) is 38.1 Å².